The fraction of sp³-hybridized carbons (Fsp3) is 0.167. The van der Waals surface area contributed by atoms with Gasteiger partial charge in [0.25, 0.3) is 0 Å². The number of benzene rings is 1. The van der Waals surface area contributed by atoms with Crippen LogP contribution < -0.4 is 5.73 Å². The van der Waals surface area contributed by atoms with Gasteiger partial charge in [0.1, 0.15) is 0 Å². The molecule has 0 aliphatic heterocycles. The maximum Gasteiger partial charge on any atom is 0.240 e. The summed E-state index contributed by atoms with van der Waals surface area (Å²) in [5.41, 5.74) is 7.10. The van der Waals surface area contributed by atoms with Gasteiger partial charge in [-0.1, -0.05) is 26.0 Å². The van der Waals surface area contributed by atoms with Gasteiger partial charge in [0, 0.05) is 26.5 Å². The van der Waals surface area contributed by atoms with Crippen LogP contribution in [-0.4, -0.2) is 19.6 Å². The average Bonchev–Trinajstić information content (AvgIpc) is 2.75. The number of fused-ring (bicyclic) bond motifs is 3. The number of aromatic nitrogens is 4. The third-order valence-electron chi connectivity index (χ3n) is 2.26. The third-order valence-corrected chi connectivity index (χ3v) is 2.26. The predicted octanol–water partition coefficient (Wildman–Crippen LogP) is 2.07. The van der Waals surface area contributed by atoms with Gasteiger partial charge < -0.3 is 12.7 Å². The van der Waals surface area contributed by atoms with Crippen LogP contribution in [0.5, 0.6) is 0 Å². The van der Waals surface area contributed by atoms with Gasteiger partial charge in [-0.25, -0.2) is 4.52 Å². The summed E-state index contributed by atoms with van der Waals surface area (Å²) in [6, 6.07) is 7.70. The SMILES string of the molecule is CC.[CH2-]c1nc2ccccc2c2nc(N)nn12.[W]. The molecule has 2 aromatic heterocycles. The van der Waals surface area contributed by atoms with Gasteiger partial charge in [-0.05, 0) is 18.0 Å². The zero-order chi connectivity index (χ0) is 12.4. The number of nitrogens with zero attached hydrogens (tertiary/aromatic N) is 4. The predicted molar refractivity (Wildman–Crippen MR) is 68.5 cm³/mol. The number of hydrogen-bond donors (Lipinski definition) is 1. The number of nitrogen functional groups attached to an aromatic ring is 1. The molecule has 0 saturated carbocycles. The van der Waals surface area contributed by atoms with Crippen molar-refractivity contribution in [2.45, 2.75) is 13.8 Å². The first-order chi connectivity index (χ1) is 8.25. The second-order valence-corrected chi connectivity index (χ2v) is 3.25. The summed E-state index contributed by atoms with van der Waals surface area (Å²) in [7, 11) is 0. The molecule has 0 aliphatic rings. The molecule has 0 aliphatic carbocycles. The molecule has 0 radical (unpaired) electrons. The number of rotatable bonds is 0. The number of hydrogen-bond acceptors (Lipinski definition) is 4. The molecule has 0 fully saturated rings. The Kier molecular flexibility index (Phi) is 4.68. The first-order valence-electron chi connectivity index (χ1n) is 5.48. The maximum atomic E-state index is 5.55. The zero-order valence-electron chi connectivity index (χ0n) is 10.3. The van der Waals surface area contributed by atoms with E-state index in [-0.39, 0.29) is 27.0 Å². The second-order valence-electron chi connectivity index (χ2n) is 3.25. The van der Waals surface area contributed by atoms with Crippen molar-refractivity contribution in [2.75, 3.05) is 5.73 Å². The van der Waals surface area contributed by atoms with E-state index < -0.39 is 0 Å². The van der Waals surface area contributed by atoms with Crippen LogP contribution in [-0.2, 0) is 21.1 Å². The van der Waals surface area contributed by atoms with Gasteiger partial charge in [-0.3, -0.25) is 4.98 Å². The van der Waals surface area contributed by atoms with E-state index in [0.29, 0.717) is 11.5 Å². The standard InChI is InChI=1S/C10H8N5.C2H6.W/c1-6-12-8-5-3-2-4-7(8)9-13-10(11)14-15(6)9;1-2;/h2-5H,1H2,(H2,11,14);1-2H3;/q-1;;. The van der Waals surface area contributed by atoms with E-state index in [9.17, 15) is 0 Å². The van der Waals surface area contributed by atoms with E-state index in [2.05, 4.69) is 22.0 Å². The van der Waals surface area contributed by atoms with E-state index in [1.54, 1.807) is 4.52 Å². The summed E-state index contributed by atoms with van der Waals surface area (Å²) >= 11 is 0. The second kappa shape index (κ2) is 5.82. The Bertz CT molecular complexity index is 662. The van der Waals surface area contributed by atoms with Crippen molar-refractivity contribution in [3.63, 3.8) is 0 Å². The number of anilines is 1. The van der Waals surface area contributed by atoms with E-state index in [1.807, 2.05) is 38.1 Å². The van der Waals surface area contributed by atoms with Gasteiger partial charge in [0.2, 0.25) is 5.95 Å². The Morgan fingerprint density at radius 3 is 2.56 bits per heavy atom. The molecular formula is C12H14N5W-. The minimum atomic E-state index is 0. The van der Waals surface area contributed by atoms with Crippen LogP contribution in [0.15, 0.2) is 24.3 Å². The van der Waals surface area contributed by atoms with Gasteiger partial charge in [0.15, 0.2) is 5.65 Å². The quantitative estimate of drug-likeness (QED) is 0.575. The minimum absolute atomic E-state index is 0. The monoisotopic (exact) mass is 412 g/mol. The molecule has 3 rings (SSSR count). The normalized spacial score (nSPS) is 9.67. The van der Waals surface area contributed by atoms with E-state index >= 15 is 0 Å². The Morgan fingerprint density at radius 1 is 1.17 bits per heavy atom. The Labute approximate surface area is 120 Å². The topological polar surface area (TPSA) is 69.1 Å². The van der Waals surface area contributed by atoms with Crippen LogP contribution in [0.4, 0.5) is 5.95 Å². The molecule has 18 heavy (non-hydrogen) atoms. The maximum absolute atomic E-state index is 5.55. The van der Waals surface area contributed by atoms with E-state index in [0.717, 1.165) is 10.9 Å². The molecule has 0 bridgehead atoms. The zero-order valence-corrected chi connectivity index (χ0v) is 13.2. The van der Waals surface area contributed by atoms with Crippen LogP contribution in [0.25, 0.3) is 16.6 Å². The van der Waals surface area contributed by atoms with Crippen molar-refractivity contribution in [3.05, 3.63) is 37.0 Å². The van der Waals surface area contributed by atoms with Gasteiger partial charge in [-0.2, -0.15) is 4.98 Å². The largest absolute Gasteiger partial charge is 0.366 e. The van der Waals surface area contributed by atoms with Crippen molar-refractivity contribution >= 4 is 22.5 Å². The van der Waals surface area contributed by atoms with Crippen LogP contribution in [0.1, 0.15) is 19.7 Å². The summed E-state index contributed by atoms with van der Waals surface area (Å²) in [4.78, 5) is 8.46. The summed E-state index contributed by atoms with van der Waals surface area (Å²) in [5, 5.41) is 4.95. The van der Waals surface area contributed by atoms with Crippen molar-refractivity contribution < 1.29 is 21.1 Å². The molecule has 6 heteroatoms. The first kappa shape index (κ1) is 14.4. The molecule has 0 saturated heterocycles. The Balaban J connectivity index is 0.000000516. The van der Waals surface area contributed by atoms with E-state index in [4.69, 9.17) is 5.73 Å². The van der Waals surface area contributed by atoms with Gasteiger partial charge >= 0.3 is 0 Å². The molecule has 3 aromatic rings. The molecule has 0 unspecified atom stereocenters. The molecule has 94 valence electrons. The fourth-order valence-corrected chi connectivity index (χ4v) is 1.63. The number of nitrogens with two attached hydrogens (primary N) is 1. The van der Waals surface area contributed by atoms with Crippen LogP contribution in [0.2, 0.25) is 0 Å². The summed E-state index contributed by atoms with van der Waals surface area (Å²) in [5.74, 6) is 0.769. The van der Waals surface area contributed by atoms with Crippen LogP contribution in [0, 0.1) is 6.92 Å². The van der Waals surface area contributed by atoms with Gasteiger partial charge in [0.05, 0.1) is 5.52 Å². The van der Waals surface area contributed by atoms with Crippen molar-refractivity contribution in [2.24, 2.45) is 0 Å². The fourth-order valence-electron chi connectivity index (χ4n) is 1.63. The molecule has 1 aromatic carbocycles. The van der Waals surface area contributed by atoms with Crippen LogP contribution >= 0.6 is 0 Å². The van der Waals surface area contributed by atoms with Crippen molar-refractivity contribution in [3.8, 4) is 0 Å². The Hall–Kier alpha value is -1.61. The molecule has 0 spiro atoms. The Morgan fingerprint density at radius 2 is 1.83 bits per heavy atom. The smallest absolute Gasteiger partial charge is 0.240 e. The molecular weight excluding hydrogens is 398 g/mol. The van der Waals surface area contributed by atoms with Gasteiger partial charge in [-0.15, -0.1) is 5.10 Å². The molecule has 2 heterocycles. The van der Waals surface area contributed by atoms with Crippen molar-refractivity contribution in [1.82, 2.24) is 19.6 Å². The summed E-state index contributed by atoms with van der Waals surface area (Å²) in [6.07, 6.45) is 0. The van der Waals surface area contributed by atoms with E-state index in [1.165, 1.54) is 0 Å². The van der Waals surface area contributed by atoms with Crippen LogP contribution in [0.3, 0.4) is 0 Å². The molecule has 5 nitrogen and oxygen atoms in total. The summed E-state index contributed by atoms with van der Waals surface area (Å²) in [6.45, 7) is 7.81. The molecule has 2 N–H and O–H groups in total. The molecule has 0 amide bonds. The molecule has 0 atom stereocenters. The van der Waals surface area contributed by atoms with Crippen molar-refractivity contribution in [1.29, 1.82) is 0 Å². The average molecular weight is 412 g/mol. The minimum Gasteiger partial charge on any atom is -0.366 e. The third kappa shape index (κ3) is 2.31. The summed E-state index contributed by atoms with van der Waals surface area (Å²) < 4.78 is 1.55. The number of para-hydroxylation sites is 1. The first-order valence-corrected chi connectivity index (χ1v) is 5.48.